The highest BCUT2D eigenvalue weighted by atomic mass is 16.5. The van der Waals surface area contributed by atoms with Crippen molar-refractivity contribution in [2.24, 2.45) is 5.92 Å². The summed E-state index contributed by atoms with van der Waals surface area (Å²) in [4.78, 5) is 14.9. The van der Waals surface area contributed by atoms with Gasteiger partial charge in [-0.15, -0.1) is 0 Å². The number of nitrogens with one attached hydrogen (secondary N) is 1. The van der Waals surface area contributed by atoms with Crippen LogP contribution in [0, 0.1) is 19.8 Å². The van der Waals surface area contributed by atoms with Crippen molar-refractivity contribution in [1.29, 1.82) is 0 Å². The van der Waals surface area contributed by atoms with Gasteiger partial charge in [0.1, 0.15) is 11.3 Å². The second kappa shape index (κ2) is 5.77. The molecule has 1 amide bonds. The van der Waals surface area contributed by atoms with Gasteiger partial charge in [0, 0.05) is 32.3 Å². The molecule has 116 valence electrons. The van der Waals surface area contributed by atoms with E-state index in [4.69, 9.17) is 9.26 Å². The van der Waals surface area contributed by atoms with E-state index in [1.807, 2.05) is 0 Å². The number of methoxy groups -OCH3 is 1. The molecule has 6 heteroatoms. The molecule has 3 atom stereocenters. The van der Waals surface area contributed by atoms with Crippen molar-refractivity contribution < 1.29 is 14.1 Å². The number of carbonyl (C=O) groups is 1. The molecule has 1 aliphatic carbocycles. The smallest absolute Gasteiger partial charge is 0.257 e. The van der Waals surface area contributed by atoms with E-state index in [0.717, 1.165) is 26.1 Å². The van der Waals surface area contributed by atoms with Crippen molar-refractivity contribution in [1.82, 2.24) is 15.4 Å². The molecule has 1 aromatic rings. The second-order valence-electron chi connectivity index (χ2n) is 6.15. The molecule has 1 N–H and O–H groups in total. The Labute approximate surface area is 124 Å². The van der Waals surface area contributed by atoms with Crippen LogP contribution in [0.25, 0.3) is 0 Å². The molecule has 0 unspecified atom stereocenters. The number of amides is 1. The summed E-state index contributed by atoms with van der Waals surface area (Å²) in [6, 6.07) is 0.857. The van der Waals surface area contributed by atoms with E-state index in [1.54, 1.807) is 21.0 Å². The summed E-state index contributed by atoms with van der Waals surface area (Å²) in [5.74, 6) is 1.10. The van der Waals surface area contributed by atoms with Gasteiger partial charge < -0.3 is 14.6 Å². The lowest BCUT2D eigenvalue weighted by atomic mass is 10.0. The van der Waals surface area contributed by atoms with Crippen LogP contribution in [0.1, 0.15) is 34.7 Å². The number of ether oxygens (including phenoxy) is 1. The van der Waals surface area contributed by atoms with E-state index in [-0.39, 0.29) is 11.9 Å². The summed E-state index contributed by atoms with van der Waals surface area (Å²) in [6.07, 6.45) is 2.21. The van der Waals surface area contributed by atoms with Gasteiger partial charge in [-0.2, -0.15) is 0 Å². The first-order valence-electron chi connectivity index (χ1n) is 7.57. The van der Waals surface area contributed by atoms with E-state index < -0.39 is 0 Å². The predicted octanol–water partition coefficient (Wildman–Crippen LogP) is 1.13. The number of carbonyl (C=O) groups excluding carboxylic acids is 1. The maximum Gasteiger partial charge on any atom is 0.257 e. The first-order valence-corrected chi connectivity index (χ1v) is 7.57. The summed E-state index contributed by atoms with van der Waals surface area (Å²) in [6.45, 7) is 6.41. The van der Waals surface area contributed by atoms with Crippen LogP contribution in [0.2, 0.25) is 0 Å². The Morgan fingerprint density at radius 3 is 2.86 bits per heavy atom. The molecular weight excluding hydrogens is 270 g/mol. The summed E-state index contributed by atoms with van der Waals surface area (Å²) in [7, 11) is 1.74. The number of hydrogen-bond donors (Lipinski definition) is 1. The van der Waals surface area contributed by atoms with Crippen LogP contribution >= 0.6 is 0 Å². The van der Waals surface area contributed by atoms with Crippen molar-refractivity contribution in [2.45, 2.75) is 38.8 Å². The van der Waals surface area contributed by atoms with E-state index in [1.165, 1.54) is 6.42 Å². The van der Waals surface area contributed by atoms with E-state index in [2.05, 4.69) is 15.4 Å². The number of hydrogen-bond acceptors (Lipinski definition) is 5. The third-order valence-electron chi connectivity index (χ3n) is 4.81. The zero-order valence-electron chi connectivity index (χ0n) is 12.9. The third kappa shape index (κ3) is 2.70. The molecule has 1 aromatic heterocycles. The lowest BCUT2D eigenvalue weighted by Gasteiger charge is -2.31. The standard InChI is InChI=1S/C15H23N3O3/c1-9-14(10(2)21-17-9)15(19)16-13-7-12-6-11(13)8-18(12)4-5-20-3/h11-13H,4-8H2,1-3H3,(H,16,19)/t11-,12+,13+/m1/s1. The maximum absolute atomic E-state index is 12.4. The molecule has 2 bridgehead atoms. The molecule has 21 heavy (non-hydrogen) atoms. The van der Waals surface area contributed by atoms with Crippen molar-refractivity contribution in [2.75, 3.05) is 26.8 Å². The number of likely N-dealkylation sites (tertiary alicyclic amines) is 1. The highest BCUT2D eigenvalue weighted by Crippen LogP contribution is 2.37. The lowest BCUT2D eigenvalue weighted by molar-refractivity contribution is 0.0883. The molecule has 0 aromatic carbocycles. The molecular formula is C15H23N3O3. The van der Waals surface area contributed by atoms with Gasteiger partial charge >= 0.3 is 0 Å². The highest BCUT2D eigenvalue weighted by molar-refractivity contribution is 5.96. The van der Waals surface area contributed by atoms with Crippen molar-refractivity contribution in [3.8, 4) is 0 Å². The van der Waals surface area contributed by atoms with Gasteiger partial charge in [-0.05, 0) is 32.6 Å². The summed E-state index contributed by atoms with van der Waals surface area (Å²) in [5, 5.41) is 7.02. The van der Waals surface area contributed by atoms with Gasteiger partial charge in [-0.3, -0.25) is 9.69 Å². The summed E-state index contributed by atoms with van der Waals surface area (Å²) < 4.78 is 10.2. The minimum absolute atomic E-state index is 0.0489. The molecule has 3 rings (SSSR count). The van der Waals surface area contributed by atoms with Gasteiger partial charge in [-0.25, -0.2) is 0 Å². The summed E-state index contributed by atoms with van der Waals surface area (Å²) in [5.41, 5.74) is 1.25. The Kier molecular flexibility index (Phi) is 3.99. The average Bonchev–Trinajstić information content (AvgIpc) is 3.11. The van der Waals surface area contributed by atoms with Crippen LogP contribution in [0.5, 0.6) is 0 Å². The zero-order chi connectivity index (χ0) is 15.0. The fourth-order valence-electron chi connectivity index (χ4n) is 3.75. The van der Waals surface area contributed by atoms with Crippen molar-refractivity contribution >= 4 is 5.91 Å². The minimum atomic E-state index is -0.0489. The monoisotopic (exact) mass is 293 g/mol. The zero-order valence-corrected chi connectivity index (χ0v) is 12.9. The largest absolute Gasteiger partial charge is 0.383 e. The number of aromatic nitrogens is 1. The van der Waals surface area contributed by atoms with Crippen LogP contribution in [0.4, 0.5) is 0 Å². The number of aryl methyl sites for hydroxylation is 2. The SMILES string of the molecule is COCCN1C[C@H]2C[C@H]1C[C@@H]2NC(=O)c1c(C)noc1C. The van der Waals surface area contributed by atoms with Gasteiger partial charge in [0.15, 0.2) is 0 Å². The molecule has 0 radical (unpaired) electrons. The molecule has 2 aliphatic rings. The van der Waals surface area contributed by atoms with Crippen LogP contribution in [-0.2, 0) is 4.74 Å². The first kappa shape index (κ1) is 14.5. The average molecular weight is 293 g/mol. The molecule has 2 heterocycles. The Morgan fingerprint density at radius 1 is 1.48 bits per heavy atom. The molecule has 0 spiro atoms. The van der Waals surface area contributed by atoms with Crippen molar-refractivity contribution in [3.63, 3.8) is 0 Å². The molecule has 1 saturated heterocycles. The molecule has 6 nitrogen and oxygen atoms in total. The summed E-state index contributed by atoms with van der Waals surface area (Å²) >= 11 is 0. The highest BCUT2D eigenvalue weighted by Gasteiger charge is 2.45. The number of nitrogens with zero attached hydrogens (tertiary/aromatic N) is 2. The predicted molar refractivity (Wildman–Crippen MR) is 77.2 cm³/mol. The van der Waals surface area contributed by atoms with Crippen LogP contribution in [-0.4, -0.2) is 54.9 Å². The van der Waals surface area contributed by atoms with Crippen LogP contribution < -0.4 is 5.32 Å². The normalized spacial score (nSPS) is 28.2. The van der Waals surface area contributed by atoms with E-state index in [0.29, 0.717) is 29.0 Å². The van der Waals surface area contributed by atoms with E-state index in [9.17, 15) is 4.79 Å². The maximum atomic E-state index is 12.4. The van der Waals surface area contributed by atoms with Crippen LogP contribution in [0.3, 0.4) is 0 Å². The number of fused-ring (bicyclic) bond motifs is 2. The fourth-order valence-corrected chi connectivity index (χ4v) is 3.75. The second-order valence-corrected chi connectivity index (χ2v) is 6.15. The number of piperidine rings is 1. The van der Waals surface area contributed by atoms with Gasteiger partial charge in [0.2, 0.25) is 0 Å². The minimum Gasteiger partial charge on any atom is -0.383 e. The fraction of sp³-hybridized carbons (Fsp3) is 0.733. The Bertz CT molecular complexity index is 509. The molecule has 1 saturated carbocycles. The molecule has 2 fully saturated rings. The first-order chi connectivity index (χ1) is 10.1. The number of rotatable bonds is 5. The Morgan fingerprint density at radius 2 is 2.29 bits per heavy atom. The topological polar surface area (TPSA) is 67.6 Å². The lowest BCUT2D eigenvalue weighted by Crippen LogP contribution is -2.46. The Hall–Kier alpha value is -1.40. The van der Waals surface area contributed by atoms with Gasteiger partial charge in [-0.1, -0.05) is 5.16 Å². The van der Waals surface area contributed by atoms with Gasteiger partial charge in [0.25, 0.3) is 5.91 Å². The van der Waals surface area contributed by atoms with E-state index >= 15 is 0 Å². The van der Waals surface area contributed by atoms with Crippen molar-refractivity contribution in [3.05, 3.63) is 17.0 Å². The quantitative estimate of drug-likeness (QED) is 0.881. The third-order valence-corrected chi connectivity index (χ3v) is 4.81. The molecule has 1 aliphatic heterocycles. The van der Waals surface area contributed by atoms with Gasteiger partial charge in [0.05, 0.1) is 12.3 Å². The van der Waals surface area contributed by atoms with Crippen LogP contribution in [0.15, 0.2) is 4.52 Å². The Balaban J connectivity index is 1.58.